The van der Waals surface area contributed by atoms with Crippen molar-refractivity contribution in [3.63, 3.8) is 0 Å². The number of carbonyl (C=O) groups excluding carboxylic acids is 1. The first-order valence-electron chi connectivity index (χ1n) is 9.90. The van der Waals surface area contributed by atoms with Crippen molar-refractivity contribution < 1.29 is 9.53 Å². The molecule has 1 aliphatic heterocycles. The summed E-state index contributed by atoms with van der Waals surface area (Å²) in [5, 5.41) is 4.06. The number of halogens is 1. The molecule has 162 valence electrons. The van der Waals surface area contributed by atoms with Crippen LogP contribution in [0.25, 0.3) is 0 Å². The maximum Gasteiger partial charge on any atom is 0.279 e. The van der Waals surface area contributed by atoms with E-state index < -0.39 is 0 Å². The van der Waals surface area contributed by atoms with Crippen molar-refractivity contribution in [1.29, 1.82) is 0 Å². The molecule has 3 aromatic rings. The summed E-state index contributed by atoms with van der Waals surface area (Å²) in [6.07, 6.45) is 5.40. The quantitative estimate of drug-likeness (QED) is 0.335. The molecule has 0 unspecified atom stereocenters. The van der Waals surface area contributed by atoms with Crippen LogP contribution in [0.15, 0.2) is 58.5 Å². The van der Waals surface area contributed by atoms with Crippen molar-refractivity contribution in [2.24, 2.45) is 7.05 Å². The first-order valence-corrected chi connectivity index (χ1v) is 11.3. The van der Waals surface area contributed by atoms with Crippen LogP contribution in [0.4, 0.5) is 5.82 Å². The highest BCUT2D eigenvalue weighted by Crippen LogP contribution is 2.36. The molecule has 4 rings (SSSR count). The molecule has 2 aromatic carbocycles. The Hall–Kier alpha value is -3.21. The maximum absolute atomic E-state index is 13.0. The van der Waals surface area contributed by atoms with Crippen molar-refractivity contribution in [2.45, 2.75) is 23.2 Å². The molecule has 0 saturated heterocycles. The van der Waals surface area contributed by atoms with E-state index in [0.29, 0.717) is 33.1 Å². The van der Waals surface area contributed by atoms with Gasteiger partial charge in [-0.1, -0.05) is 53.5 Å². The maximum atomic E-state index is 13.0. The van der Waals surface area contributed by atoms with Crippen LogP contribution in [-0.2, 0) is 17.6 Å². The van der Waals surface area contributed by atoms with Gasteiger partial charge in [0.15, 0.2) is 5.16 Å². The summed E-state index contributed by atoms with van der Waals surface area (Å²) < 4.78 is 7.18. The molecule has 6 nitrogen and oxygen atoms in total. The summed E-state index contributed by atoms with van der Waals surface area (Å²) in [5.41, 5.74) is 2.05. The second-order valence-corrected chi connectivity index (χ2v) is 8.68. The van der Waals surface area contributed by atoms with Crippen LogP contribution in [0.1, 0.15) is 29.0 Å². The third-order valence-electron chi connectivity index (χ3n) is 5.19. The highest BCUT2D eigenvalue weighted by atomic mass is 35.5. The Morgan fingerprint density at radius 3 is 2.62 bits per heavy atom. The van der Waals surface area contributed by atoms with Crippen LogP contribution in [0, 0.1) is 12.3 Å². The molecule has 8 heteroatoms. The molecule has 2 heterocycles. The van der Waals surface area contributed by atoms with Crippen molar-refractivity contribution in [3.05, 3.63) is 80.6 Å². The lowest BCUT2D eigenvalue weighted by atomic mass is 9.87. The fraction of sp³-hybridized carbons (Fsp3) is 0.208. The molecule has 1 atom stereocenters. The van der Waals surface area contributed by atoms with Gasteiger partial charge in [0.2, 0.25) is 5.91 Å². The summed E-state index contributed by atoms with van der Waals surface area (Å²) in [6, 6.07) is 14.8. The molecule has 0 fully saturated rings. The van der Waals surface area contributed by atoms with Gasteiger partial charge in [0.05, 0.1) is 5.56 Å². The van der Waals surface area contributed by atoms with Crippen LogP contribution in [0.2, 0.25) is 5.02 Å². The lowest BCUT2D eigenvalue weighted by molar-refractivity contribution is -0.116. The first kappa shape index (κ1) is 22.0. The van der Waals surface area contributed by atoms with Crippen LogP contribution in [0.5, 0.6) is 5.75 Å². The molecule has 0 radical (unpaired) electrons. The van der Waals surface area contributed by atoms with Gasteiger partial charge in [0.25, 0.3) is 5.56 Å². The molecule has 0 spiro atoms. The van der Waals surface area contributed by atoms with E-state index in [-0.39, 0.29) is 30.4 Å². The molecule has 1 amide bonds. The minimum Gasteiger partial charge on any atom is -0.481 e. The summed E-state index contributed by atoms with van der Waals surface area (Å²) in [5.74, 6) is 3.62. The number of anilines is 1. The van der Waals surface area contributed by atoms with Crippen molar-refractivity contribution >= 4 is 35.1 Å². The summed E-state index contributed by atoms with van der Waals surface area (Å²) in [6.45, 7) is 0.176. The Morgan fingerprint density at radius 2 is 1.94 bits per heavy atom. The molecular formula is C24H20ClN3O3S. The van der Waals surface area contributed by atoms with E-state index in [1.807, 2.05) is 36.4 Å². The van der Waals surface area contributed by atoms with Gasteiger partial charge in [-0.2, -0.15) is 4.98 Å². The number of rotatable bonds is 6. The number of benzene rings is 2. The van der Waals surface area contributed by atoms with E-state index in [2.05, 4.69) is 16.2 Å². The van der Waals surface area contributed by atoms with E-state index in [9.17, 15) is 9.59 Å². The third-order valence-corrected chi connectivity index (χ3v) is 6.54. The Balaban J connectivity index is 1.64. The normalized spacial score (nSPS) is 14.9. The fourth-order valence-corrected chi connectivity index (χ4v) is 4.65. The standard InChI is InChI=1S/C24H20ClN3O3S/c1-3-12-31-18-10-6-16(7-11-18)19-13-20(29)26-22-21(19)23(30)27-24(28(22)2)32-14-15-4-8-17(25)9-5-15/h1,4-11,19H,12-14H2,2H3,(H,26,29)/t19-/m0/s1. The number of amides is 1. The lowest BCUT2D eigenvalue weighted by Crippen LogP contribution is -2.33. The average molecular weight is 466 g/mol. The van der Waals surface area contributed by atoms with E-state index in [1.54, 1.807) is 23.7 Å². The third kappa shape index (κ3) is 4.67. The molecule has 1 aliphatic rings. The van der Waals surface area contributed by atoms with Crippen LogP contribution in [-0.4, -0.2) is 22.1 Å². The second kappa shape index (κ2) is 9.51. The van der Waals surface area contributed by atoms with E-state index >= 15 is 0 Å². The van der Waals surface area contributed by atoms with Gasteiger partial charge >= 0.3 is 0 Å². The van der Waals surface area contributed by atoms with E-state index in [0.717, 1.165) is 11.1 Å². The highest BCUT2D eigenvalue weighted by Gasteiger charge is 2.32. The zero-order chi connectivity index (χ0) is 22.7. The SMILES string of the molecule is C#CCOc1ccc([C@@H]2CC(=O)Nc3c2c(=O)nc(SCc2ccc(Cl)cc2)n3C)cc1. The van der Waals surface area contributed by atoms with Gasteiger partial charge in [-0.25, -0.2) is 0 Å². The molecule has 0 saturated carbocycles. The van der Waals surface area contributed by atoms with Gasteiger partial charge in [-0.15, -0.1) is 6.42 Å². The average Bonchev–Trinajstić information content (AvgIpc) is 2.80. The monoisotopic (exact) mass is 465 g/mol. The van der Waals surface area contributed by atoms with Crippen molar-refractivity contribution in [3.8, 4) is 18.1 Å². The fourth-order valence-electron chi connectivity index (χ4n) is 3.60. The number of hydrogen-bond acceptors (Lipinski definition) is 5. The molecule has 32 heavy (non-hydrogen) atoms. The first-order chi connectivity index (χ1) is 15.5. The minimum atomic E-state index is -0.387. The Bertz CT molecular complexity index is 1250. The predicted molar refractivity (Wildman–Crippen MR) is 126 cm³/mol. The number of ether oxygens (including phenoxy) is 1. The van der Waals surface area contributed by atoms with Crippen LogP contribution < -0.4 is 15.6 Å². The zero-order valence-electron chi connectivity index (χ0n) is 17.3. The van der Waals surface area contributed by atoms with Gasteiger partial charge in [-0.05, 0) is 35.4 Å². The Kier molecular flexibility index (Phi) is 6.54. The largest absolute Gasteiger partial charge is 0.481 e. The van der Waals surface area contributed by atoms with Crippen LogP contribution in [0.3, 0.4) is 0 Å². The second-order valence-electron chi connectivity index (χ2n) is 7.30. The van der Waals surface area contributed by atoms with E-state index in [4.69, 9.17) is 22.8 Å². The molecule has 1 aromatic heterocycles. The number of hydrogen-bond donors (Lipinski definition) is 1. The van der Waals surface area contributed by atoms with Crippen LogP contribution >= 0.6 is 23.4 Å². The number of aromatic nitrogens is 2. The smallest absolute Gasteiger partial charge is 0.279 e. The number of nitrogens with one attached hydrogen (secondary N) is 1. The topological polar surface area (TPSA) is 73.2 Å². The number of thioether (sulfide) groups is 1. The summed E-state index contributed by atoms with van der Waals surface area (Å²) >= 11 is 7.37. The number of fused-ring (bicyclic) bond motifs is 1. The van der Waals surface area contributed by atoms with Crippen molar-refractivity contribution in [2.75, 3.05) is 11.9 Å². The van der Waals surface area contributed by atoms with Gasteiger partial charge < -0.3 is 14.6 Å². The van der Waals surface area contributed by atoms with Gasteiger partial charge in [0.1, 0.15) is 18.2 Å². The van der Waals surface area contributed by atoms with Gasteiger partial charge in [0, 0.05) is 30.2 Å². The number of terminal acetylenes is 1. The highest BCUT2D eigenvalue weighted by molar-refractivity contribution is 7.98. The molecule has 1 N–H and O–H groups in total. The van der Waals surface area contributed by atoms with Crippen molar-refractivity contribution in [1.82, 2.24) is 9.55 Å². The molecular weight excluding hydrogens is 446 g/mol. The predicted octanol–water partition coefficient (Wildman–Crippen LogP) is 4.21. The summed E-state index contributed by atoms with van der Waals surface area (Å²) in [7, 11) is 1.80. The minimum absolute atomic E-state index is 0.148. The Morgan fingerprint density at radius 1 is 1.22 bits per heavy atom. The number of carbonyl (C=O) groups is 1. The number of nitrogens with zero attached hydrogens (tertiary/aromatic N) is 2. The molecule has 0 bridgehead atoms. The molecule has 0 aliphatic carbocycles. The Labute approximate surface area is 195 Å². The zero-order valence-corrected chi connectivity index (χ0v) is 18.9. The van der Waals surface area contributed by atoms with Gasteiger partial charge in [-0.3, -0.25) is 9.59 Å². The summed E-state index contributed by atoms with van der Waals surface area (Å²) in [4.78, 5) is 29.9. The lowest BCUT2D eigenvalue weighted by Gasteiger charge is -2.27. The van der Waals surface area contributed by atoms with E-state index in [1.165, 1.54) is 11.8 Å².